The number of rotatable bonds is 2. The molecule has 0 aliphatic carbocycles. The minimum absolute atomic E-state index is 0.732. The maximum absolute atomic E-state index is 5.47. The van der Waals surface area contributed by atoms with Crippen LogP contribution in [0.1, 0.15) is 17.1 Å². The number of fused-ring (bicyclic) bond motifs is 1. The molecule has 1 fully saturated rings. The van der Waals surface area contributed by atoms with Crippen LogP contribution in [0.5, 0.6) is 0 Å². The highest BCUT2D eigenvalue weighted by molar-refractivity contribution is 5.91. The van der Waals surface area contributed by atoms with Crippen molar-refractivity contribution in [2.75, 3.05) is 31.2 Å². The molecule has 2 aromatic heterocycles. The summed E-state index contributed by atoms with van der Waals surface area (Å²) < 4.78 is 7.39. The van der Waals surface area contributed by atoms with Gasteiger partial charge in [-0.15, -0.1) is 0 Å². The molecule has 6 nitrogen and oxygen atoms in total. The lowest BCUT2D eigenvalue weighted by atomic mass is 10.2. The summed E-state index contributed by atoms with van der Waals surface area (Å²) in [6.07, 6.45) is 0. The third-order valence-electron chi connectivity index (χ3n) is 4.38. The standard InChI is InChI=1S/C18H21N5O/c1-12-4-6-15(7-5-12)23-18-16(13(2)21-23)17(19-14(3)20-18)22-8-10-24-11-9-22/h4-7H,8-11H2,1-3H3. The molecule has 1 saturated heterocycles. The Bertz CT molecular complexity index is 879. The summed E-state index contributed by atoms with van der Waals surface area (Å²) in [5, 5.41) is 5.77. The zero-order chi connectivity index (χ0) is 16.7. The first-order chi connectivity index (χ1) is 11.6. The molecule has 0 unspecified atom stereocenters. The van der Waals surface area contributed by atoms with Crippen LogP contribution in [0.4, 0.5) is 5.82 Å². The Hall–Kier alpha value is -2.47. The molecule has 0 bridgehead atoms. The molecule has 3 heterocycles. The number of hydrogen-bond donors (Lipinski definition) is 0. The summed E-state index contributed by atoms with van der Waals surface area (Å²) >= 11 is 0. The van der Waals surface area contributed by atoms with Gasteiger partial charge in [0.1, 0.15) is 11.6 Å². The van der Waals surface area contributed by atoms with Gasteiger partial charge in [0.15, 0.2) is 5.65 Å². The molecule has 24 heavy (non-hydrogen) atoms. The van der Waals surface area contributed by atoms with Gasteiger partial charge in [0.25, 0.3) is 0 Å². The van der Waals surface area contributed by atoms with Gasteiger partial charge in [0, 0.05) is 13.1 Å². The lowest BCUT2D eigenvalue weighted by Gasteiger charge is -2.28. The molecule has 0 amide bonds. The molecule has 0 radical (unpaired) electrons. The van der Waals surface area contributed by atoms with Crippen molar-refractivity contribution in [3.05, 3.63) is 41.3 Å². The van der Waals surface area contributed by atoms with Gasteiger partial charge in [-0.25, -0.2) is 14.6 Å². The van der Waals surface area contributed by atoms with Crippen molar-refractivity contribution in [1.82, 2.24) is 19.7 Å². The summed E-state index contributed by atoms with van der Waals surface area (Å²) in [6, 6.07) is 8.34. The molecule has 0 saturated carbocycles. The van der Waals surface area contributed by atoms with Crippen molar-refractivity contribution in [2.24, 2.45) is 0 Å². The number of nitrogens with zero attached hydrogens (tertiary/aromatic N) is 5. The highest BCUT2D eigenvalue weighted by Crippen LogP contribution is 2.29. The fourth-order valence-corrected chi connectivity index (χ4v) is 3.14. The van der Waals surface area contributed by atoms with Crippen LogP contribution in [0, 0.1) is 20.8 Å². The molecule has 124 valence electrons. The molecule has 6 heteroatoms. The molecule has 0 spiro atoms. The van der Waals surface area contributed by atoms with Crippen LogP contribution in [0.15, 0.2) is 24.3 Å². The van der Waals surface area contributed by atoms with Gasteiger partial charge >= 0.3 is 0 Å². The molecular formula is C18H21N5O. The van der Waals surface area contributed by atoms with Crippen LogP contribution >= 0.6 is 0 Å². The van der Waals surface area contributed by atoms with E-state index in [0.717, 1.165) is 60.4 Å². The van der Waals surface area contributed by atoms with Crippen LogP contribution < -0.4 is 4.90 Å². The first kappa shape index (κ1) is 15.1. The van der Waals surface area contributed by atoms with E-state index >= 15 is 0 Å². The van der Waals surface area contributed by atoms with E-state index in [2.05, 4.69) is 41.1 Å². The number of aryl methyl sites for hydroxylation is 3. The quantitative estimate of drug-likeness (QED) is 0.725. The Labute approximate surface area is 141 Å². The van der Waals surface area contributed by atoms with Gasteiger partial charge in [-0.3, -0.25) is 0 Å². The normalized spacial score (nSPS) is 15.2. The summed E-state index contributed by atoms with van der Waals surface area (Å²) in [5.41, 5.74) is 4.06. The Morgan fingerprint density at radius 1 is 0.958 bits per heavy atom. The van der Waals surface area contributed by atoms with E-state index in [1.54, 1.807) is 0 Å². The topological polar surface area (TPSA) is 56.1 Å². The lowest BCUT2D eigenvalue weighted by Crippen LogP contribution is -2.37. The molecule has 0 atom stereocenters. The highest BCUT2D eigenvalue weighted by Gasteiger charge is 2.21. The van der Waals surface area contributed by atoms with E-state index in [-0.39, 0.29) is 0 Å². The second-order valence-corrected chi connectivity index (χ2v) is 6.23. The van der Waals surface area contributed by atoms with Crippen molar-refractivity contribution >= 4 is 16.9 Å². The van der Waals surface area contributed by atoms with Crippen LogP contribution in [-0.4, -0.2) is 46.1 Å². The fraction of sp³-hybridized carbons (Fsp3) is 0.389. The summed E-state index contributed by atoms with van der Waals surface area (Å²) in [6.45, 7) is 9.20. The van der Waals surface area contributed by atoms with Gasteiger partial charge < -0.3 is 9.64 Å². The van der Waals surface area contributed by atoms with Gasteiger partial charge in [-0.1, -0.05) is 17.7 Å². The SMILES string of the molecule is Cc1ccc(-n2nc(C)c3c(N4CCOCC4)nc(C)nc32)cc1. The average molecular weight is 323 g/mol. The Balaban J connectivity index is 1.91. The molecule has 3 aromatic rings. The fourth-order valence-electron chi connectivity index (χ4n) is 3.14. The maximum atomic E-state index is 5.47. The third kappa shape index (κ3) is 2.53. The predicted molar refractivity (Wildman–Crippen MR) is 93.9 cm³/mol. The third-order valence-corrected chi connectivity index (χ3v) is 4.38. The zero-order valence-electron chi connectivity index (χ0n) is 14.3. The van der Waals surface area contributed by atoms with Crippen molar-refractivity contribution in [2.45, 2.75) is 20.8 Å². The molecule has 1 aromatic carbocycles. The second-order valence-electron chi connectivity index (χ2n) is 6.23. The van der Waals surface area contributed by atoms with Gasteiger partial charge in [0.2, 0.25) is 0 Å². The summed E-state index contributed by atoms with van der Waals surface area (Å²) in [5.74, 6) is 1.73. The molecule has 0 N–H and O–H groups in total. The number of hydrogen-bond acceptors (Lipinski definition) is 5. The van der Waals surface area contributed by atoms with Crippen molar-refractivity contribution in [1.29, 1.82) is 0 Å². The smallest absolute Gasteiger partial charge is 0.168 e. The van der Waals surface area contributed by atoms with Crippen LogP contribution in [0.3, 0.4) is 0 Å². The van der Waals surface area contributed by atoms with E-state index in [9.17, 15) is 0 Å². The van der Waals surface area contributed by atoms with E-state index in [1.807, 2.05) is 18.5 Å². The average Bonchev–Trinajstić information content (AvgIpc) is 2.92. The Kier molecular flexibility index (Phi) is 3.69. The first-order valence-corrected chi connectivity index (χ1v) is 8.27. The van der Waals surface area contributed by atoms with E-state index in [1.165, 1.54) is 5.56 Å². The molecular weight excluding hydrogens is 302 g/mol. The van der Waals surface area contributed by atoms with E-state index in [0.29, 0.717) is 0 Å². The Morgan fingerprint density at radius 3 is 2.38 bits per heavy atom. The monoisotopic (exact) mass is 323 g/mol. The second kappa shape index (κ2) is 5.87. The van der Waals surface area contributed by atoms with Gasteiger partial charge in [0.05, 0.1) is 30.0 Å². The number of morpholine rings is 1. The van der Waals surface area contributed by atoms with Crippen molar-refractivity contribution < 1.29 is 4.74 Å². The highest BCUT2D eigenvalue weighted by atomic mass is 16.5. The minimum atomic E-state index is 0.732. The number of anilines is 1. The molecule has 1 aliphatic rings. The Morgan fingerprint density at radius 2 is 1.67 bits per heavy atom. The van der Waals surface area contributed by atoms with Crippen LogP contribution in [0.25, 0.3) is 16.7 Å². The van der Waals surface area contributed by atoms with Crippen LogP contribution in [0.2, 0.25) is 0 Å². The summed E-state index contributed by atoms with van der Waals surface area (Å²) in [4.78, 5) is 11.7. The maximum Gasteiger partial charge on any atom is 0.168 e. The summed E-state index contributed by atoms with van der Waals surface area (Å²) in [7, 11) is 0. The zero-order valence-corrected chi connectivity index (χ0v) is 14.3. The van der Waals surface area contributed by atoms with Crippen LogP contribution in [-0.2, 0) is 4.74 Å². The van der Waals surface area contributed by atoms with Crippen molar-refractivity contribution in [3.63, 3.8) is 0 Å². The van der Waals surface area contributed by atoms with Gasteiger partial charge in [-0.2, -0.15) is 5.10 Å². The molecule has 1 aliphatic heterocycles. The largest absolute Gasteiger partial charge is 0.378 e. The van der Waals surface area contributed by atoms with Gasteiger partial charge in [-0.05, 0) is 32.9 Å². The lowest BCUT2D eigenvalue weighted by molar-refractivity contribution is 0.122. The first-order valence-electron chi connectivity index (χ1n) is 8.27. The predicted octanol–water partition coefficient (Wildman–Crippen LogP) is 2.58. The van der Waals surface area contributed by atoms with E-state index < -0.39 is 0 Å². The number of benzene rings is 1. The number of ether oxygens (including phenoxy) is 1. The van der Waals surface area contributed by atoms with Crippen molar-refractivity contribution in [3.8, 4) is 5.69 Å². The van der Waals surface area contributed by atoms with E-state index in [4.69, 9.17) is 14.8 Å². The number of aromatic nitrogens is 4. The minimum Gasteiger partial charge on any atom is -0.378 e. The molecule has 4 rings (SSSR count).